The van der Waals surface area contributed by atoms with E-state index in [9.17, 15) is 13.6 Å². The van der Waals surface area contributed by atoms with E-state index < -0.39 is 0 Å². The lowest BCUT2D eigenvalue weighted by atomic mass is 10.1. The fraction of sp³-hybridized carbons (Fsp3) is 0.333. The number of rotatable bonds is 7. The van der Waals surface area contributed by atoms with Crippen molar-refractivity contribution in [2.75, 3.05) is 44.2 Å². The van der Waals surface area contributed by atoms with Crippen molar-refractivity contribution in [3.05, 3.63) is 81.3 Å². The second kappa shape index (κ2) is 10.2. The van der Waals surface area contributed by atoms with Crippen molar-refractivity contribution in [1.29, 1.82) is 0 Å². The van der Waals surface area contributed by atoms with Crippen molar-refractivity contribution in [2.24, 2.45) is 0 Å². The van der Waals surface area contributed by atoms with Crippen LogP contribution in [0, 0.1) is 18.6 Å². The van der Waals surface area contributed by atoms with Crippen LogP contribution in [0.5, 0.6) is 0 Å². The number of hydrogen-bond acceptors (Lipinski definition) is 5. The SMILES string of the molecule is Cc1nc(Cc2ccc(F)cc2)sc1C(=O)NCCN1CCN(c2ccc(F)cc2)CC1. The van der Waals surface area contributed by atoms with Crippen molar-refractivity contribution >= 4 is 22.9 Å². The Labute approximate surface area is 190 Å². The fourth-order valence-corrected chi connectivity index (χ4v) is 4.82. The number of nitrogens with one attached hydrogen (secondary N) is 1. The van der Waals surface area contributed by atoms with E-state index in [0.717, 1.165) is 54.7 Å². The zero-order valence-corrected chi connectivity index (χ0v) is 18.8. The molecule has 0 spiro atoms. The predicted molar refractivity (Wildman–Crippen MR) is 123 cm³/mol. The van der Waals surface area contributed by atoms with Gasteiger partial charge in [0.1, 0.15) is 16.5 Å². The molecular formula is C24H26F2N4OS. The molecule has 32 heavy (non-hydrogen) atoms. The molecule has 0 radical (unpaired) electrons. The highest BCUT2D eigenvalue weighted by Crippen LogP contribution is 2.21. The van der Waals surface area contributed by atoms with E-state index in [1.807, 2.05) is 19.1 Å². The molecule has 0 bridgehead atoms. The van der Waals surface area contributed by atoms with Crippen LogP contribution in [-0.2, 0) is 6.42 Å². The second-order valence-corrected chi connectivity index (χ2v) is 8.97. The standard InChI is InChI=1S/C24H26F2N4OS/c1-17-23(32-22(28-17)16-18-2-4-19(25)5-3-18)24(31)27-10-11-29-12-14-30(15-13-29)21-8-6-20(26)7-9-21/h2-9H,10-16H2,1H3,(H,27,31). The first-order valence-electron chi connectivity index (χ1n) is 10.7. The Morgan fingerprint density at radius 1 is 1.00 bits per heavy atom. The maximum absolute atomic E-state index is 13.1. The van der Waals surface area contributed by atoms with Crippen LogP contribution in [0.4, 0.5) is 14.5 Å². The van der Waals surface area contributed by atoms with Crippen molar-refractivity contribution in [3.8, 4) is 0 Å². The third kappa shape index (κ3) is 5.69. The normalized spacial score (nSPS) is 14.5. The molecule has 0 aliphatic carbocycles. The van der Waals surface area contributed by atoms with E-state index in [0.29, 0.717) is 17.8 Å². The largest absolute Gasteiger partial charge is 0.369 e. The monoisotopic (exact) mass is 456 g/mol. The van der Waals surface area contributed by atoms with E-state index in [4.69, 9.17) is 0 Å². The first-order chi connectivity index (χ1) is 15.5. The van der Waals surface area contributed by atoms with Gasteiger partial charge in [0.2, 0.25) is 0 Å². The highest BCUT2D eigenvalue weighted by molar-refractivity contribution is 7.13. The highest BCUT2D eigenvalue weighted by Gasteiger charge is 2.19. The summed E-state index contributed by atoms with van der Waals surface area (Å²) in [6.45, 7) is 6.74. The summed E-state index contributed by atoms with van der Waals surface area (Å²) in [4.78, 5) is 22.3. The van der Waals surface area contributed by atoms with Gasteiger partial charge in [-0.25, -0.2) is 13.8 Å². The first-order valence-corrected chi connectivity index (χ1v) is 11.5. The third-order valence-corrected chi connectivity index (χ3v) is 6.75. The van der Waals surface area contributed by atoms with Crippen LogP contribution in [0.1, 0.15) is 25.9 Å². The van der Waals surface area contributed by atoms with Crippen LogP contribution in [0.25, 0.3) is 0 Å². The minimum absolute atomic E-state index is 0.102. The summed E-state index contributed by atoms with van der Waals surface area (Å²) in [5.41, 5.74) is 2.72. The minimum atomic E-state index is -0.263. The lowest BCUT2D eigenvalue weighted by Gasteiger charge is -2.36. The Bertz CT molecular complexity index is 1040. The summed E-state index contributed by atoms with van der Waals surface area (Å²) in [5.74, 6) is -0.585. The Morgan fingerprint density at radius 3 is 2.28 bits per heavy atom. The Morgan fingerprint density at radius 2 is 1.62 bits per heavy atom. The summed E-state index contributed by atoms with van der Waals surface area (Å²) >= 11 is 1.39. The molecule has 3 aromatic rings. The smallest absolute Gasteiger partial charge is 0.263 e. The van der Waals surface area contributed by atoms with Crippen LogP contribution in [0.15, 0.2) is 48.5 Å². The van der Waals surface area contributed by atoms with Gasteiger partial charge in [-0.05, 0) is 48.9 Å². The van der Waals surface area contributed by atoms with Crippen LogP contribution in [0.2, 0.25) is 0 Å². The van der Waals surface area contributed by atoms with Gasteiger partial charge in [-0.15, -0.1) is 11.3 Å². The number of aromatic nitrogens is 1. The molecule has 0 atom stereocenters. The Kier molecular flexibility index (Phi) is 7.12. The highest BCUT2D eigenvalue weighted by atomic mass is 32.1. The van der Waals surface area contributed by atoms with Gasteiger partial charge in [-0.1, -0.05) is 12.1 Å². The van der Waals surface area contributed by atoms with E-state index in [1.54, 1.807) is 12.1 Å². The average molecular weight is 457 g/mol. The molecule has 1 aromatic heterocycles. The maximum Gasteiger partial charge on any atom is 0.263 e. The number of piperazine rings is 1. The Balaban J connectivity index is 1.22. The number of anilines is 1. The van der Waals surface area contributed by atoms with Gasteiger partial charge in [0.25, 0.3) is 5.91 Å². The van der Waals surface area contributed by atoms with Gasteiger partial charge in [-0.2, -0.15) is 0 Å². The molecule has 1 fully saturated rings. The lowest BCUT2D eigenvalue weighted by molar-refractivity contribution is 0.0951. The third-order valence-electron chi connectivity index (χ3n) is 5.59. The quantitative estimate of drug-likeness (QED) is 0.586. The van der Waals surface area contributed by atoms with Crippen LogP contribution in [-0.4, -0.2) is 55.1 Å². The molecule has 2 heterocycles. The Hall–Kier alpha value is -2.84. The van der Waals surface area contributed by atoms with Crippen LogP contribution >= 0.6 is 11.3 Å². The zero-order valence-electron chi connectivity index (χ0n) is 18.0. The van der Waals surface area contributed by atoms with Crippen LogP contribution in [0.3, 0.4) is 0 Å². The molecule has 1 aliphatic rings. The lowest BCUT2D eigenvalue weighted by Crippen LogP contribution is -2.48. The summed E-state index contributed by atoms with van der Waals surface area (Å²) in [7, 11) is 0. The summed E-state index contributed by atoms with van der Waals surface area (Å²) in [6.07, 6.45) is 0.581. The number of halogens is 2. The van der Waals surface area contributed by atoms with Crippen molar-refractivity contribution in [1.82, 2.24) is 15.2 Å². The molecule has 1 saturated heterocycles. The predicted octanol–water partition coefficient (Wildman–Crippen LogP) is 3.87. The molecule has 1 amide bonds. The maximum atomic E-state index is 13.1. The number of carbonyl (C=O) groups excluding carboxylic acids is 1. The summed E-state index contributed by atoms with van der Waals surface area (Å²) in [6, 6.07) is 12.9. The molecule has 5 nitrogen and oxygen atoms in total. The molecule has 8 heteroatoms. The van der Waals surface area contributed by atoms with Gasteiger partial charge in [-0.3, -0.25) is 9.69 Å². The molecule has 1 N–H and O–H groups in total. The summed E-state index contributed by atoms with van der Waals surface area (Å²) in [5, 5.41) is 3.85. The molecule has 4 rings (SSSR count). The average Bonchev–Trinajstić information content (AvgIpc) is 3.16. The molecule has 168 valence electrons. The van der Waals surface area contributed by atoms with Gasteiger partial charge in [0.05, 0.1) is 10.7 Å². The topological polar surface area (TPSA) is 48.5 Å². The van der Waals surface area contributed by atoms with E-state index in [-0.39, 0.29) is 17.5 Å². The van der Waals surface area contributed by atoms with Gasteiger partial charge < -0.3 is 10.2 Å². The fourth-order valence-electron chi connectivity index (χ4n) is 3.80. The number of hydrogen-bond donors (Lipinski definition) is 1. The van der Waals surface area contributed by atoms with E-state index >= 15 is 0 Å². The number of carbonyl (C=O) groups is 1. The molecule has 1 aliphatic heterocycles. The van der Waals surface area contributed by atoms with Crippen molar-refractivity contribution < 1.29 is 13.6 Å². The molecule has 0 unspecified atom stereocenters. The molecular weight excluding hydrogens is 430 g/mol. The first kappa shape index (κ1) is 22.4. The number of nitrogens with zero attached hydrogens (tertiary/aromatic N) is 3. The second-order valence-electron chi connectivity index (χ2n) is 7.89. The van der Waals surface area contributed by atoms with E-state index in [1.165, 1.54) is 35.6 Å². The number of aryl methyl sites for hydroxylation is 1. The van der Waals surface area contributed by atoms with Gasteiger partial charge in [0.15, 0.2) is 0 Å². The van der Waals surface area contributed by atoms with Gasteiger partial charge in [0, 0.05) is 51.4 Å². The van der Waals surface area contributed by atoms with Crippen molar-refractivity contribution in [2.45, 2.75) is 13.3 Å². The number of amides is 1. The summed E-state index contributed by atoms with van der Waals surface area (Å²) < 4.78 is 26.2. The van der Waals surface area contributed by atoms with Gasteiger partial charge >= 0.3 is 0 Å². The molecule has 0 saturated carbocycles. The molecule has 2 aromatic carbocycles. The van der Waals surface area contributed by atoms with Crippen molar-refractivity contribution in [3.63, 3.8) is 0 Å². The number of thiazole rings is 1. The van der Waals surface area contributed by atoms with Crippen LogP contribution < -0.4 is 10.2 Å². The number of benzene rings is 2. The minimum Gasteiger partial charge on any atom is -0.369 e. The van der Waals surface area contributed by atoms with E-state index in [2.05, 4.69) is 20.1 Å². The zero-order chi connectivity index (χ0) is 22.5.